The zero-order valence-corrected chi connectivity index (χ0v) is 14.7. The van der Waals surface area contributed by atoms with Crippen LogP contribution in [0.25, 0.3) is 0 Å². The van der Waals surface area contributed by atoms with Crippen molar-refractivity contribution >= 4 is 19.7 Å². The predicted octanol–water partition coefficient (Wildman–Crippen LogP) is 1.05. The van der Waals surface area contributed by atoms with Gasteiger partial charge < -0.3 is 28.9 Å². The normalized spacial score (nSPS) is 23.2. The Morgan fingerprint density at radius 1 is 1.28 bits per heavy atom. The first-order chi connectivity index (χ1) is 11.9. The van der Waals surface area contributed by atoms with E-state index in [2.05, 4.69) is 5.32 Å². The van der Waals surface area contributed by atoms with E-state index in [4.69, 9.17) is 18.5 Å². The maximum absolute atomic E-state index is 12.1. The molecule has 9 nitrogen and oxygen atoms in total. The lowest BCUT2D eigenvalue weighted by Gasteiger charge is -2.20. The fraction of sp³-hybridized carbons (Fsp3) is 0.467. The second-order valence-electron chi connectivity index (χ2n) is 5.31. The van der Waals surface area contributed by atoms with E-state index in [0.717, 1.165) is 5.56 Å². The lowest BCUT2D eigenvalue weighted by molar-refractivity contribution is -0.142. The summed E-state index contributed by atoms with van der Waals surface area (Å²) >= 11 is 0. The number of amides is 1. The minimum absolute atomic E-state index is 0.0104. The molecular weight excluding hydrogens is 353 g/mol. The summed E-state index contributed by atoms with van der Waals surface area (Å²) < 4.78 is 31.5. The molecule has 2 N–H and O–H groups in total. The summed E-state index contributed by atoms with van der Waals surface area (Å²) in [5.41, 5.74) is 0.770. The van der Waals surface area contributed by atoms with E-state index >= 15 is 0 Å². The second-order valence-corrected chi connectivity index (χ2v) is 7.63. The average Bonchev–Trinajstić information content (AvgIpc) is 2.88. The van der Waals surface area contributed by atoms with Crippen LogP contribution in [0.4, 0.5) is 4.79 Å². The van der Waals surface area contributed by atoms with E-state index in [1.165, 1.54) is 14.2 Å². The number of aliphatic hydroxyl groups excluding tert-OH is 1. The Balaban J connectivity index is 1.90. The fourth-order valence-corrected chi connectivity index (χ4v) is 3.45. The number of hydrogen-bond donors (Lipinski definition) is 2. The molecule has 10 heteroatoms. The van der Waals surface area contributed by atoms with Crippen LogP contribution in [0.2, 0.25) is 0 Å². The number of cyclic esters (lactones) is 1. The summed E-state index contributed by atoms with van der Waals surface area (Å²) in [6.07, 6.45) is -3.75. The molecule has 1 aromatic carbocycles. The molecule has 0 saturated carbocycles. The van der Waals surface area contributed by atoms with E-state index in [-0.39, 0.29) is 12.8 Å². The Labute approximate surface area is 144 Å². The van der Waals surface area contributed by atoms with Crippen molar-refractivity contribution in [2.24, 2.45) is 0 Å². The molecule has 0 unspecified atom stereocenters. The van der Waals surface area contributed by atoms with Crippen LogP contribution in [0.1, 0.15) is 5.56 Å². The number of esters is 1. The summed E-state index contributed by atoms with van der Waals surface area (Å²) in [6, 6.07) is 7.64. The van der Waals surface area contributed by atoms with Crippen molar-refractivity contribution in [3.8, 4) is 0 Å². The molecule has 0 radical (unpaired) electrons. The van der Waals surface area contributed by atoms with Crippen molar-refractivity contribution in [1.82, 2.24) is 5.32 Å². The first-order valence-electron chi connectivity index (χ1n) is 7.45. The van der Waals surface area contributed by atoms with Crippen LogP contribution in [-0.2, 0) is 34.5 Å². The van der Waals surface area contributed by atoms with Gasteiger partial charge in [0.15, 0.2) is 6.04 Å². The molecule has 0 aromatic heterocycles. The molecule has 0 aliphatic carbocycles. The first kappa shape index (κ1) is 19.4. The van der Waals surface area contributed by atoms with Crippen LogP contribution in [0.3, 0.4) is 0 Å². The van der Waals surface area contributed by atoms with Crippen LogP contribution in [0.5, 0.6) is 0 Å². The molecule has 2 rings (SSSR count). The molecular formula is C15H20NO8P. The third-order valence-electron chi connectivity index (χ3n) is 3.69. The van der Waals surface area contributed by atoms with Gasteiger partial charge in [0.25, 0.3) is 0 Å². The Morgan fingerprint density at radius 2 is 1.92 bits per heavy atom. The van der Waals surface area contributed by atoms with Gasteiger partial charge in [-0.25, -0.2) is 9.59 Å². The van der Waals surface area contributed by atoms with Gasteiger partial charge in [0, 0.05) is 14.2 Å². The lowest BCUT2D eigenvalue weighted by atomic mass is 10.1. The SMILES string of the molecule is COP(=O)(C[C@H]1OC(=O)[C@H](NC(=O)OCc2ccccc2)[C@@H]1O)OC. The monoisotopic (exact) mass is 373 g/mol. The number of nitrogens with one attached hydrogen (secondary N) is 1. The highest BCUT2D eigenvalue weighted by molar-refractivity contribution is 7.53. The zero-order valence-electron chi connectivity index (χ0n) is 13.8. The Bertz CT molecular complexity index is 644. The van der Waals surface area contributed by atoms with Gasteiger partial charge in [0.1, 0.15) is 18.8 Å². The second kappa shape index (κ2) is 8.44. The number of alkyl carbamates (subject to hydrolysis) is 1. The molecule has 1 amide bonds. The maximum atomic E-state index is 12.1. The quantitative estimate of drug-likeness (QED) is 0.538. The summed E-state index contributed by atoms with van der Waals surface area (Å²) in [7, 11) is -1.12. The van der Waals surface area contributed by atoms with Gasteiger partial charge >= 0.3 is 19.7 Å². The fourth-order valence-electron chi connectivity index (χ4n) is 2.27. The summed E-state index contributed by atoms with van der Waals surface area (Å²) in [5.74, 6) is -0.854. The van der Waals surface area contributed by atoms with Crippen molar-refractivity contribution in [3.05, 3.63) is 35.9 Å². The summed E-state index contributed by atoms with van der Waals surface area (Å²) in [4.78, 5) is 23.7. The van der Waals surface area contributed by atoms with Gasteiger partial charge in [0.2, 0.25) is 0 Å². The topological polar surface area (TPSA) is 120 Å². The molecule has 3 atom stereocenters. The largest absolute Gasteiger partial charge is 0.457 e. The third-order valence-corrected chi connectivity index (χ3v) is 5.61. The highest BCUT2D eigenvalue weighted by atomic mass is 31.2. The van der Waals surface area contributed by atoms with Crippen LogP contribution < -0.4 is 5.32 Å². The number of benzene rings is 1. The standard InChI is InChI=1S/C15H20NO8P/c1-21-25(20,22-2)9-11-13(17)12(14(18)24-11)16-15(19)23-8-10-6-4-3-5-7-10/h3-7,11-13,17H,8-9H2,1-2H3,(H,16,19)/t11-,12-,13-/m1/s1. The molecule has 138 valence electrons. The van der Waals surface area contributed by atoms with Crippen molar-refractivity contribution in [1.29, 1.82) is 0 Å². The van der Waals surface area contributed by atoms with Crippen LogP contribution in [0.15, 0.2) is 30.3 Å². The summed E-state index contributed by atoms with van der Waals surface area (Å²) in [6.45, 7) is 0.0104. The average molecular weight is 373 g/mol. The van der Waals surface area contributed by atoms with E-state index < -0.39 is 37.9 Å². The number of carbonyl (C=O) groups excluding carboxylic acids is 2. The van der Waals surface area contributed by atoms with Crippen LogP contribution in [0, 0.1) is 0 Å². The molecule has 1 aliphatic rings. The molecule has 0 spiro atoms. The molecule has 1 aliphatic heterocycles. The van der Waals surface area contributed by atoms with E-state index in [9.17, 15) is 19.3 Å². The maximum Gasteiger partial charge on any atom is 0.408 e. The lowest BCUT2D eigenvalue weighted by Crippen LogP contribution is -2.46. The van der Waals surface area contributed by atoms with E-state index in [1.807, 2.05) is 6.07 Å². The van der Waals surface area contributed by atoms with Crippen molar-refractivity contribution in [3.63, 3.8) is 0 Å². The van der Waals surface area contributed by atoms with Gasteiger partial charge in [0.05, 0.1) is 6.16 Å². The highest BCUT2D eigenvalue weighted by Crippen LogP contribution is 2.48. The minimum atomic E-state index is -3.49. The highest BCUT2D eigenvalue weighted by Gasteiger charge is 2.48. The van der Waals surface area contributed by atoms with Gasteiger partial charge in [-0.3, -0.25) is 4.57 Å². The van der Waals surface area contributed by atoms with E-state index in [0.29, 0.717) is 0 Å². The number of aliphatic hydroxyl groups is 1. The Kier molecular flexibility index (Phi) is 6.55. The number of hydrogen-bond acceptors (Lipinski definition) is 8. The van der Waals surface area contributed by atoms with Crippen molar-refractivity contribution < 1.29 is 37.8 Å². The smallest absolute Gasteiger partial charge is 0.408 e. The van der Waals surface area contributed by atoms with Crippen molar-refractivity contribution in [2.75, 3.05) is 20.4 Å². The van der Waals surface area contributed by atoms with Gasteiger partial charge in [-0.05, 0) is 5.56 Å². The predicted molar refractivity (Wildman–Crippen MR) is 85.9 cm³/mol. The Hall–Kier alpha value is -1.93. The molecule has 0 bridgehead atoms. The molecule has 1 heterocycles. The van der Waals surface area contributed by atoms with Gasteiger partial charge in [-0.15, -0.1) is 0 Å². The Morgan fingerprint density at radius 3 is 2.52 bits per heavy atom. The van der Waals surface area contributed by atoms with Crippen LogP contribution >= 0.6 is 7.60 Å². The molecule has 1 fully saturated rings. The number of rotatable bonds is 7. The van der Waals surface area contributed by atoms with Gasteiger partial charge in [-0.2, -0.15) is 0 Å². The summed E-state index contributed by atoms with van der Waals surface area (Å²) in [5, 5.41) is 12.4. The third kappa shape index (κ3) is 5.02. The van der Waals surface area contributed by atoms with Crippen LogP contribution in [-0.4, -0.2) is 55.8 Å². The first-order valence-corrected chi connectivity index (χ1v) is 9.17. The van der Waals surface area contributed by atoms with E-state index in [1.54, 1.807) is 24.3 Å². The molecule has 1 aromatic rings. The van der Waals surface area contributed by atoms with Gasteiger partial charge in [-0.1, -0.05) is 30.3 Å². The number of carbonyl (C=O) groups is 2. The molecule has 1 saturated heterocycles. The number of ether oxygens (including phenoxy) is 2. The van der Waals surface area contributed by atoms with Crippen molar-refractivity contribution in [2.45, 2.75) is 24.9 Å². The minimum Gasteiger partial charge on any atom is -0.457 e. The molecule has 25 heavy (non-hydrogen) atoms. The zero-order chi connectivity index (χ0) is 18.4.